The van der Waals surface area contributed by atoms with Gasteiger partial charge in [0.1, 0.15) is 11.6 Å². The molecule has 1 unspecified atom stereocenters. The molecule has 0 aliphatic carbocycles. The smallest absolute Gasteiger partial charge is 0.126 e. The summed E-state index contributed by atoms with van der Waals surface area (Å²) >= 11 is 0. The third-order valence-corrected chi connectivity index (χ3v) is 2.79. The molecule has 2 aromatic rings. The first-order valence-electron chi connectivity index (χ1n) is 5.76. The Morgan fingerprint density at radius 2 is 2.18 bits per heavy atom. The van der Waals surface area contributed by atoms with Gasteiger partial charge in [0.15, 0.2) is 0 Å². The van der Waals surface area contributed by atoms with Crippen molar-refractivity contribution >= 4 is 5.69 Å². The summed E-state index contributed by atoms with van der Waals surface area (Å²) in [6, 6.07) is 8.96. The highest BCUT2D eigenvalue weighted by molar-refractivity contribution is 5.47. The number of rotatable bonds is 4. The molecule has 0 aliphatic heterocycles. The number of aryl methyl sites for hydroxylation is 1. The van der Waals surface area contributed by atoms with Gasteiger partial charge in [0.2, 0.25) is 0 Å². The van der Waals surface area contributed by atoms with Crippen molar-refractivity contribution in [1.82, 2.24) is 0 Å². The highest BCUT2D eigenvalue weighted by Gasteiger charge is 2.12. The van der Waals surface area contributed by atoms with Crippen LogP contribution in [-0.4, -0.2) is 0 Å². The van der Waals surface area contributed by atoms with E-state index in [-0.39, 0.29) is 11.9 Å². The van der Waals surface area contributed by atoms with Crippen LogP contribution < -0.4 is 5.32 Å². The van der Waals surface area contributed by atoms with E-state index in [2.05, 4.69) is 12.2 Å². The highest BCUT2D eigenvalue weighted by atomic mass is 19.1. The van der Waals surface area contributed by atoms with Gasteiger partial charge in [0.05, 0.1) is 12.3 Å². The van der Waals surface area contributed by atoms with E-state index in [1.807, 2.05) is 12.1 Å². The molecular formula is C14H16FNO. The lowest BCUT2D eigenvalue weighted by Crippen LogP contribution is -2.08. The molecule has 1 aromatic heterocycles. The normalized spacial score (nSPS) is 12.4. The molecule has 0 saturated heterocycles. The fraction of sp³-hybridized carbons (Fsp3) is 0.286. The van der Waals surface area contributed by atoms with E-state index in [1.165, 1.54) is 6.07 Å². The minimum absolute atomic E-state index is 0.120. The van der Waals surface area contributed by atoms with Gasteiger partial charge in [-0.1, -0.05) is 6.92 Å². The van der Waals surface area contributed by atoms with Crippen LogP contribution in [0, 0.1) is 12.7 Å². The summed E-state index contributed by atoms with van der Waals surface area (Å²) in [5.41, 5.74) is 1.55. The Balaban J connectivity index is 2.16. The Bertz CT molecular complexity index is 479. The van der Waals surface area contributed by atoms with Crippen molar-refractivity contribution in [3.05, 3.63) is 53.7 Å². The van der Waals surface area contributed by atoms with E-state index in [9.17, 15) is 4.39 Å². The zero-order chi connectivity index (χ0) is 12.3. The minimum atomic E-state index is -0.179. The van der Waals surface area contributed by atoms with E-state index in [0.717, 1.165) is 17.9 Å². The molecule has 3 heteroatoms. The number of anilines is 1. The van der Waals surface area contributed by atoms with Crippen LogP contribution in [0.15, 0.2) is 41.0 Å². The lowest BCUT2D eigenvalue weighted by molar-refractivity contribution is 0.474. The summed E-state index contributed by atoms with van der Waals surface area (Å²) in [6.45, 7) is 3.84. The zero-order valence-electron chi connectivity index (χ0n) is 10.0. The van der Waals surface area contributed by atoms with Gasteiger partial charge in [-0.3, -0.25) is 0 Å². The molecule has 1 heterocycles. The Hall–Kier alpha value is -1.77. The number of hydrogen-bond donors (Lipinski definition) is 1. The van der Waals surface area contributed by atoms with Crippen molar-refractivity contribution in [3.63, 3.8) is 0 Å². The van der Waals surface area contributed by atoms with Gasteiger partial charge in [0, 0.05) is 5.69 Å². The number of hydrogen-bond acceptors (Lipinski definition) is 2. The van der Waals surface area contributed by atoms with Crippen LogP contribution in [0.3, 0.4) is 0 Å². The van der Waals surface area contributed by atoms with E-state index in [4.69, 9.17) is 4.42 Å². The van der Waals surface area contributed by atoms with Gasteiger partial charge in [-0.25, -0.2) is 4.39 Å². The van der Waals surface area contributed by atoms with Crippen molar-refractivity contribution < 1.29 is 8.81 Å². The summed E-state index contributed by atoms with van der Waals surface area (Å²) in [5, 5.41) is 3.34. The first kappa shape index (κ1) is 11.7. The van der Waals surface area contributed by atoms with Gasteiger partial charge >= 0.3 is 0 Å². The predicted molar refractivity (Wildman–Crippen MR) is 66.5 cm³/mol. The van der Waals surface area contributed by atoms with Crippen LogP contribution >= 0.6 is 0 Å². The molecule has 0 spiro atoms. The minimum Gasteiger partial charge on any atom is -0.467 e. The van der Waals surface area contributed by atoms with Crippen LogP contribution in [-0.2, 0) is 0 Å². The van der Waals surface area contributed by atoms with Crippen LogP contribution in [0.2, 0.25) is 0 Å². The van der Waals surface area contributed by atoms with Crippen molar-refractivity contribution in [2.45, 2.75) is 26.3 Å². The summed E-state index contributed by atoms with van der Waals surface area (Å²) in [5.74, 6) is 0.719. The van der Waals surface area contributed by atoms with Gasteiger partial charge in [-0.15, -0.1) is 0 Å². The Kier molecular flexibility index (Phi) is 3.47. The average molecular weight is 233 g/mol. The molecule has 1 N–H and O–H groups in total. The summed E-state index contributed by atoms with van der Waals surface area (Å²) in [4.78, 5) is 0. The second-order valence-corrected chi connectivity index (χ2v) is 4.08. The fourth-order valence-corrected chi connectivity index (χ4v) is 1.80. The van der Waals surface area contributed by atoms with E-state index >= 15 is 0 Å². The first-order valence-corrected chi connectivity index (χ1v) is 5.76. The largest absolute Gasteiger partial charge is 0.467 e. The van der Waals surface area contributed by atoms with Crippen LogP contribution in [0.4, 0.5) is 10.1 Å². The maximum absolute atomic E-state index is 13.1. The zero-order valence-corrected chi connectivity index (χ0v) is 10.0. The molecule has 0 saturated carbocycles. The Morgan fingerprint density at radius 3 is 2.76 bits per heavy atom. The molecule has 0 radical (unpaired) electrons. The standard InChI is InChI=1S/C14H16FNO/c1-3-13(14-5-4-8-17-14)16-11-6-7-12(15)10(2)9-11/h4-9,13,16H,3H2,1-2H3. The molecule has 0 fully saturated rings. The van der Waals surface area contributed by atoms with Crippen LogP contribution in [0.25, 0.3) is 0 Å². The highest BCUT2D eigenvalue weighted by Crippen LogP contribution is 2.23. The Labute approximate surface area is 100 Å². The van der Waals surface area contributed by atoms with E-state index in [0.29, 0.717) is 5.56 Å². The molecule has 0 amide bonds. The molecule has 1 aromatic carbocycles. The van der Waals surface area contributed by atoms with Crippen LogP contribution in [0.1, 0.15) is 30.7 Å². The molecule has 90 valence electrons. The lowest BCUT2D eigenvalue weighted by atomic mass is 10.1. The molecule has 17 heavy (non-hydrogen) atoms. The van der Waals surface area contributed by atoms with Gasteiger partial charge < -0.3 is 9.73 Å². The van der Waals surface area contributed by atoms with E-state index < -0.39 is 0 Å². The molecule has 2 nitrogen and oxygen atoms in total. The second-order valence-electron chi connectivity index (χ2n) is 4.08. The molecule has 2 rings (SSSR count). The second kappa shape index (κ2) is 5.04. The molecule has 0 bridgehead atoms. The average Bonchev–Trinajstić information content (AvgIpc) is 2.84. The summed E-state index contributed by atoms with van der Waals surface area (Å²) in [7, 11) is 0. The van der Waals surface area contributed by atoms with Crippen molar-refractivity contribution in [1.29, 1.82) is 0 Å². The van der Waals surface area contributed by atoms with Crippen molar-refractivity contribution in [2.24, 2.45) is 0 Å². The monoisotopic (exact) mass is 233 g/mol. The summed E-state index contributed by atoms with van der Waals surface area (Å²) in [6.07, 6.45) is 2.57. The number of nitrogens with one attached hydrogen (secondary N) is 1. The van der Waals surface area contributed by atoms with E-state index in [1.54, 1.807) is 25.3 Å². The van der Waals surface area contributed by atoms with Crippen molar-refractivity contribution in [2.75, 3.05) is 5.32 Å². The molecule has 0 aliphatic rings. The van der Waals surface area contributed by atoms with Crippen LogP contribution in [0.5, 0.6) is 0 Å². The lowest BCUT2D eigenvalue weighted by Gasteiger charge is -2.16. The SMILES string of the molecule is CCC(Nc1ccc(F)c(C)c1)c1ccco1. The first-order chi connectivity index (χ1) is 8.20. The maximum Gasteiger partial charge on any atom is 0.126 e. The molecule has 1 atom stereocenters. The predicted octanol–water partition coefficient (Wildman–Crippen LogP) is 4.29. The van der Waals surface area contributed by atoms with Gasteiger partial charge in [0.25, 0.3) is 0 Å². The van der Waals surface area contributed by atoms with Crippen molar-refractivity contribution in [3.8, 4) is 0 Å². The quantitative estimate of drug-likeness (QED) is 0.852. The third-order valence-electron chi connectivity index (χ3n) is 2.79. The number of halogens is 1. The third kappa shape index (κ3) is 2.67. The molecular weight excluding hydrogens is 217 g/mol. The van der Waals surface area contributed by atoms with Gasteiger partial charge in [-0.2, -0.15) is 0 Å². The fourth-order valence-electron chi connectivity index (χ4n) is 1.80. The number of furan rings is 1. The topological polar surface area (TPSA) is 25.2 Å². The number of benzene rings is 1. The van der Waals surface area contributed by atoms with Gasteiger partial charge in [-0.05, 0) is 49.2 Å². The maximum atomic E-state index is 13.1. The summed E-state index contributed by atoms with van der Waals surface area (Å²) < 4.78 is 18.5. The Morgan fingerprint density at radius 1 is 1.35 bits per heavy atom.